The van der Waals surface area contributed by atoms with Crippen molar-refractivity contribution in [2.45, 2.75) is 26.1 Å². The van der Waals surface area contributed by atoms with Crippen molar-refractivity contribution >= 4 is 16.8 Å². The van der Waals surface area contributed by atoms with Crippen molar-refractivity contribution in [3.63, 3.8) is 0 Å². The van der Waals surface area contributed by atoms with Gasteiger partial charge in [0.1, 0.15) is 11.4 Å². The number of aliphatic hydroxyl groups is 1. The zero-order valence-corrected chi connectivity index (χ0v) is 17.4. The van der Waals surface area contributed by atoms with Gasteiger partial charge in [-0.3, -0.25) is 9.69 Å². The number of nitrogens with zero attached hydrogens (tertiary/aromatic N) is 2. The zero-order chi connectivity index (χ0) is 20.5. The van der Waals surface area contributed by atoms with Gasteiger partial charge in [-0.25, -0.2) is 0 Å². The van der Waals surface area contributed by atoms with Crippen LogP contribution in [0.15, 0.2) is 24.3 Å². The lowest BCUT2D eigenvalue weighted by molar-refractivity contribution is -0.0726. The molecule has 29 heavy (non-hydrogen) atoms. The number of aromatic amines is 1. The van der Waals surface area contributed by atoms with E-state index in [4.69, 9.17) is 9.47 Å². The van der Waals surface area contributed by atoms with E-state index >= 15 is 0 Å². The Bertz CT molecular complexity index is 857. The Morgan fingerprint density at radius 2 is 1.90 bits per heavy atom. The van der Waals surface area contributed by atoms with Gasteiger partial charge in [-0.1, -0.05) is 0 Å². The molecule has 2 aliphatic heterocycles. The molecule has 0 spiro atoms. The van der Waals surface area contributed by atoms with E-state index in [1.807, 2.05) is 29.2 Å². The second-order valence-corrected chi connectivity index (χ2v) is 8.52. The molecule has 0 bridgehead atoms. The van der Waals surface area contributed by atoms with E-state index < -0.39 is 0 Å². The Kier molecular flexibility index (Phi) is 5.81. The first kappa shape index (κ1) is 20.2. The highest BCUT2D eigenvalue weighted by Gasteiger charge is 2.37. The number of rotatable bonds is 5. The van der Waals surface area contributed by atoms with Crippen molar-refractivity contribution in [2.75, 3.05) is 46.4 Å². The van der Waals surface area contributed by atoms with Gasteiger partial charge in [0.25, 0.3) is 5.91 Å². The summed E-state index contributed by atoms with van der Waals surface area (Å²) in [4.78, 5) is 20.6. The summed E-state index contributed by atoms with van der Waals surface area (Å²) in [6, 6.07) is 7.61. The number of methoxy groups -OCH3 is 1. The molecule has 0 saturated carbocycles. The Hall–Kier alpha value is -2.09. The van der Waals surface area contributed by atoms with Crippen LogP contribution in [0.5, 0.6) is 5.75 Å². The van der Waals surface area contributed by atoms with E-state index in [2.05, 4.69) is 23.7 Å². The average Bonchev–Trinajstić information content (AvgIpc) is 3.29. The monoisotopic (exact) mass is 401 g/mol. The molecule has 1 aromatic carbocycles. The number of H-pyrrole nitrogens is 1. The Morgan fingerprint density at radius 3 is 2.59 bits per heavy atom. The second kappa shape index (κ2) is 8.34. The van der Waals surface area contributed by atoms with Crippen LogP contribution in [-0.2, 0) is 4.74 Å². The Labute approximate surface area is 171 Å². The maximum absolute atomic E-state index is 13.1. The summed E-state index contributed by atoms with van der Waals surface area (Å²) in [5, 5.41) is 10.9. The van der Waals surface area contributed by atoms with Crippen molar-refractivity contribution in [2.24, 2.45) is 11.8 Å². The molecule has 0 unspecified atom stereocenters. The lowest BCUT2D eigenvalue weighted by Crippen LogP contribution is -2.48. The van der Waals surface area contributed by atoms with E-state index in [0.717, 1.165) is 36.3 Å². The summed E-state index contributed by atoms with van der Waals surface area (Å²) >= 11 is 0. The number of morpholine rings is 1. The van der Waals surface area contributed by atoms with Crippen LogP contribution in [-0.4, -0.2) is 84.4 Å². The highest BCUT2D eigenvalue weighted by molar-refractivity contribution is 5.98. The number of benzene rings is 1. The quantitative estimate of drug-likeness (QED) is 0.801. The van der Waals surface area contributed by atoms with Crippen molar-refractivity contribution in [1.29, 1.82) is 0 Å². The van der Waals surface area contributed by atoms with E-state index in [-0.39, 0.29) is 36.6 Å². The first-order valence-corrected chi connectivity index (χ1v) is 10.4. The van der Waals surface area contributed by atoms with Gasteiger partial charge >= 0.3 is 0 Å². The number of carbonyl (C=O) groups excluding carboxylic acids is 1. The van der Waals surface area contributed by atoms with Crippen LogP contribution >= 0.6 is 0 Å². The second-order valence-electron chi connectivity index (χ2n) is 8.52. The Morgan fingerprint density at radius 1 is 1.17 bits per heavy atom. The predicted molar refractivity (Wildman–Crippen MR) is 111 cm³/mol. The third-order valence-corrected chi connectivity index (χ3v) is 6.14. The molecule has 1 amide bonds. The fourth-order valence-electron chi connectivity index (χ4n) is 4.81. The molecule has 2 fully saturated rings. The number of hydrogen-bond donors (Lipinski definition) is 2. The molecular weight excluding hydrogens is 370 g/mol. The van der Waals surface area contributed by atoms with Gasteiger partial charge in [-0.2, -0.15) is 0 Å². The number of nitrogens with one attached hydrogen (secondary N) is 1. The number of likely N-dealkylation sites (tertiary alicyclic amines) is 1. The van der Waals surface area contributed by atoms with Crippen molar-refractivity contribution in [3.8, 4) is 5.75 Å². The lowest BCUT2D eigenvalue weighted by Gasteiger charge is -2.37. The lowest BCUT2D eigenvalue weighted by atomic mass is 9.96. The summed E-state index contributed by atoms with van der Waals surface area (Å²) < 4.78 is 11.1. The smallest absolute Gasteiger partial charge is 0.270 e. The van der Waals surface area contributed by atoms with Crippen LogP contribution in [0.1, 0.15) is 24.3 Å². The largest absolute Gasteiger partial charge is 0.497 e. The summed E-state index contributed by atoms with van der Waals surface area (Å²) in [6.07, 6.45) is 0.433. The molecule has 0 radical (unpaired) electrons. The first-order chi connectivity index (χ1) is 14.0. The summed E-state index contributed by atoms with van der Waals surface area (Å²) in [5.74, 6) is 1.14. The third-order valence-electron chi connectivity index (χ3n) is 6.14. The predicted octanol–water partition coefficient (Wildman–Crippen LogP) is 1.97. The van der Waals surface area contributed by atoms with Crippen LogP contribution in [0.2, 0.25) is 0 Å². The maximum atomic E-state index is 13.1. The van der Waals surface area contributed by atoms with Gasteiger partial charge in [0.2, 0.25) is 0 Å². The molecule has 4 atom stereocenters. The van der Waals surface area contributed by atoms with Gasteiger partial charge in [-0.15, -0.1) is 0 Å². The average molecular weight is 402 g/mol. The Balaban J connectivity index is 1.45. The normalized spacial score (nSPS) is 28.2. The summed E-state index contributed by atoms with van der Waals surface area (Å²) in [5.41, 5.74) is 1.50. The van der Waals surface area contributed by atoms with Crippen LogP contribution in [0.25, 0.3) is 10.9 Å². The number of aliphatic hydroxyl groups excluding tert-OH is 1. The van der Waals surface area contributed by atoms with E-state index in [1.54, 1.807) is 7.11 Å². The van der Waals surface area contributed by atoms with Gasteiger partial charge in [0.15, 0.2) is 0 Å². The van der Waals surface area contributed by atoms with Gasteiger partial charge in [-0.05, 0) is 44.0 Å². The van der Waals surface area contributed by atoms with E-state index in [1.165, 1.54) is 0 Å². The number of aromatic nitrogens is 1. The molecule has 4 rings (SSSR count). The molecule has 2 aliphatic rings. The fourth-order valence-corrected chi connectivity index (χ4v) is 4.81. The summed E-state index contributed by atoms with van der Waals surface area (Å²) in [7, 11) is 1.63. The molecule has 2 aromatic rings. The van der Waals surface area contributed by atoms with Crippen LogP contribution < -0.4 is 4.74 Å². The number of carbonyl (C=O) groups is 1. The highest BCUT2D eigenvalue weighted by atomic mass is 16.5. The summed E-state index contributed by atoms with van der Waals surface area (Å²) in [6.45, 7) is 8.25. The SMILES string of the molecule is COc1ccc2[nH]c(C(=O)N3C[C@@H](CN4C[C@@H](C)O[C@@H](C)C4)[C@@H](CO)C3)cc2c1. The number of fused-ring (bicyclic) bond motifs is 1. The molecular formula is C22H31N3O4. The zero-order valence-electron chi connectivity index (χ0n) is 17.4. The molecule has 2 saturated heterocycles. The minimum atomic E-state index is -0.00942. The van der Waals surface area contributed by atoms with Crippen LogP contribution in [0.3, 0.4) is 0 Å². The molecule has 2 N–H and O–H groups in total. The number of hydrogen-bond acceptors (Lipinski definition) is 5. The van der Waals surface area contributed by atoms with Crippen molar-refractivity contribution < 1.29 is 19.4 Å². The minimum absolute atomic E-state index is 0.00942. The van der Waals surface area contributed by atoms with E-state index in [0.29, 0.717) is 18.8 Å². The standard InChI is InChI=1S/C22H31N3O4/c1-14-8-24(9-15(2)29-14)10-17-11-25(12-18(17)13-26)22(27)21-7-16-6-19(28-3)4-5-20(16)23-21/h4-7,14-15,17-18,23,26H,8-13H2,1-3H3/t14-,15+,17-,18-/m1/s1. The molecule has 3 heterocycles. The first-order valence-electron chi connectivity index (χ1n) is 10.4. The van der Waals surface area contributed by atoms with Crippen LogP contribution in [0.4, 0.5) is 0 Å². The third kappa shape index (κ3) is 4.27. The van der Waals surface area contributed by atoms with Crippen molar-refractivity contribution in [1.82, 2.24) is 14.8 Å². The van der Waals surface area contributed by atoms with Gasteiger partial charge in [0.05, 0.1) is 19.3 Å². The number of ether oxygens (including phenoxy) is 2. The van der Waals surface area contributed by atoms with E-state index in [9.17, 15) is 9.90 Å². The molecule has 0 aliphatic carbocycles. The molecule has 1 aromatic heterocycles. The molecule has 7 nitrogen and oxygen atoms in total. The molecule has 7 heteroatoms. The van der Waals surface area contributed by atoms with Gasteiger partial charge < -0.3 is 24.5 Å². The fraction of sp³-hybridized carbons (Fsp3) is 0.591. The maximum Gasteiger partial charge on any atom is 0.270 e. The molecule has 158 valence electrons. The van der Waals surface area contributed by atoms with Crippen LogP contribution in [0, 0.1) is 11.8 Å². The van der Waals surface area contributed by atoms with Gasteiger partial charge in [0, 0.05) is 56.2 Å². The number of amides is 1. The minimum Gasteiger partial charge on any atom is -0.497 e. The highest BCUT2D eigenvalue weighted by Crippen LogP contribution is 2.28. The van der Waals surface area contributed by atoms with Crippen molar-refractivity contribution in [3.05, 3.63) is 30.0 Å². The topological polar surface area (TPSA) is 78.0 Å².